The lowest BCUT2D eigenvalue weighted by molar-refractivity contribution is 0.413. The molecule has 13 heavy (non-hydrogen) atoms. The number of rotatable bonds is 5. The summed E-state index contributed by atoms with van der Waals surface area (Å²) >= 11 is 0. The molecule has 68 valence electrons. The molecule has 0 aliphatic carbocycles. The summed E-state index contributed by atoms with van der Waals surface area (Å²) < 4.78 is 10.1. The monoisotopic (exact) mass is 177 g/mol. The second-order valence-electron chi connectivity index (χ2n) is 2.45. The SMILES string of the molecule is C=COBOc1cccc(CN)c1. The fourth-order valence-corrected chi connectivity index (χ4v) is 0.912. The van der Waals surface area contributed by atoms with Crippen LogP contribution in [0.1, 0.15) is 5.56 Å². The first-order valence-electron chi connectivity index (χ1n) is 4.01. The van der Waals surface area contributed by atoms with Gasteiger partial charge in [0.1, 0.15) is 5.75 Å². The molecule has 0 saturated carbocycles. The van der Waals surface area contributed by atoms with E-state index in [0.29, 0.717) is 6.54 Å². The largest absolute Gasteiger partial charge is 0.576 e. The molecule has 0 amide bonds. The summed E-state index contributed by atoms with van der Waals surface area (Å²) in [4.78, 5) is 0. The van der Waals surface area contributed by atoms with Gasteiger partial charge in [-0.15, -0.1) is 0 Å². The van der Waals surface area contributed by atoms with Gasteiger partial charge >= 0.3 is 7.69 Å². The first kappa shape index (κ1) is 9.67. The van der Waals surface area contributed by atoms with Gasteiger partial charge in [-0.25, -0.2) is 0 Å². The van der Waals surface area contributed by atoms with E-state index in [9.17, 15) is 0 Å². The third-order valence-corrected chi connectivity index (χ3v) is 1.55. The van der Waals surface area contributed by atoms with E-state index in [1.807, 2.05) is 24.3 Å². The first-order chi connectivity index (χ1) is 6.36. The summed E-state index contributed by atoms with van der Waals surface area (Å²) in [6.07, 6.45) is 1.34. The van der Waals surface area contributed by atoms with E-state index in [1.54, 1.807) is 0 Å². The normalized spacial score (nSPS) is 9.00. The quantitative estimate of drug-likeness (QED) is 0.413. The van der Waals surface area contributed by atoms with Crippen LogP contribution in [0.25, 0.3) is 0 Å². The number of benzene rings is 1. The van der Waals surface area contributed by atoms with Gasteiger partial charge in [-0.2, -0.15) is 0 Å². The zero-order valence-corrected chi connectivity index (χ0v) is 7.40. The third kappa shape index (κ3) is 3.21. The first-order valence-corrected chi connectivity index (χ1v) is 4.01. The lowest BCUT2D eigenvalue weighted by Gasteiger charge is -2.05. The van der Waals surface area contributed by atoms with Crippen molar-refractivity contribution in [2.45, 2.75) is 6.54 Å². The van der Waals surface area contributed by atoms with Crippen LogP contribution in [-0.4, -0.2) is 7.69 Å². The Labute approximate surface area is 78.5 Å². The van der Waals surface area contributed by atoms with Crippen molar-refractivity contribution < 1.29 is 9.31 Å². The summed E-state index contributed by atoms with van der Waals surface area (Å²) in [7, 11) is 0.178. The van der Waals surface area contributed by atoms with Gasteiger partial charge in [-0.1, -0.05) is 18.7 Å². The molecule has 0 saturated heterocycles. The Balaban J connectivity index is 2.50. The van der Waals surface area contributed by atoms with Crippen LogP contribution in [0.2, 0.25) is 0 Å². The van der Waals surface area contributed by atoms with Crippen LogP contribution in [0, 0.1) is 0 Å². The van der Waals surface area contributed by atoms with Crippen LogP contribution in [0.4, 0.5) is 0 Å². The van der Waals surface area contributed by atoms with Crippen molar-refractivity contribution in [3.05, 3.63) is 42.7 Å². The molecule has 0 fully saturated rings. The van der Waals surface area contributed by atoms with Crippen LogP contribution >= 0.6 is 0 Å². The lowest BCUT2D eigenvalue weighted by Crippen LogP contribution is -2.04. The maximum Gasteiger partial charge on any atom is 0.576 e. The standard InChI is InChI=1S/C9H12BNO2/c1-2-12-10-13-9-5-3-4-8(6-9)7-11/h2-6,10H,1,7,11H2. The molecule has 2 N–H and O–H groups in total. The third-order valence-electron chi connectivity index (χ3n) is 1.55. The highest BCUT2D eigenvalue weighted by molar-refractivity contribution is 6.19. The minimum absolute atomic E-state index is 0.178. The van der Waals surface area contributed by atoms with E-state index in [2.05, 4.69) is 6.58 Å². The van der Waals surface area contributed by atoms with Crippen molar-refractivity contribution in [1.29, 1.82) is 0 Å². The molecule has 0 aliphatic rings. The summed E-state index contributed by atoms with van der Waals surface area (Å²) in [6.45, 7) is 3.92. The molecule has 1 aromatic carbocycles. The summed E-state index contributed by atoms with van der Waals surface area (Å²) in [6, 6.07) is 7.57. The molecule has 4 heteroatoms. The fourth-order valence-electron chi connectivity index (χ4n) is 0.912. The minimum Gasteiger partial charge on any atom is -0.535 e. The van der Waals surface area contributed by atoms with Crippen LogP contribution in [0.15, 0.2) is 37.1 Å². The maximum absolute atomic E-state index is 5.47. The molecule has 0 aliphatic heterocycles. The van der Waals surface area contributed by atoms with Gasteiger partial charge in [-0.05, 0) is 17.7 Å². The van der Waals surface area contributed by atoms with Crippen LogP contribution < -0.4 is 10.4 Å². The Bertz CT molecular complexity index is 278. The van der Waals surface area contributed by atoms with Crippen molar-refractivity contribution in [2.24, 2.45) is 5.73 Å². The Morgan fingerprint density at radius 2 is 2.38 bits per heavy atom. The van der Waals surface area contributed by atoms with E-state index >= 15 is 0 Å². The van der Waals surface area contributed by atoms with E-state index in [-0.39, 0.29) is 7.69 Å². The molecule has 0 atom stereocenters. The number of nitrogens with two attached hydrogens (primary N) is 1. The highest BCUT2D eigenvalue weighted by atomic mass is 16.6. The Morgan fingerprint density at radius 1 is 1.54 bits per heavy atom. The summed E-state index contributed by atoms with van der Waals surface area (Å²) in [5, 5.41) is 0. The maximum atomic E-state index is 5.47. The van der Waals surface area contributed by atoms with Gasteiger partial charge in [0.25, 0.3) is 0 Å². The van der Waals surface area contributed by atoms with Crippen molar-refractivity contribution in [3.8, 4) is 5.75 Å². The van der Waals surface area contributed by atoms with E-state index in [1.165, 1.54) is 6.26 Å². The zero-order valence-electron chi connectivity index (χ0n) is 7.40. The molecule has 0 unspecified atom stereocenters. The van der Waals surface area contributed by atoms with Crippen LogP contribution in [0.3, 0.4) is 0 Å². The number of hydrogen-bond acceptors (Lipinski definition) is 3. The average molecular weight is 177 g/mol. The van der Waals surface area contributed by atoms with Crippen molar-refractivity contribution in [3.63, 3.8) is 0 Å². The smallest absolute Gasteiger partial charge is 0.535 e. The number of hydrogen-bond donors (Lipinski definition) is 1. The molecule has 0 heterocycles. The summed E-state index contributed by atoms with van der Waals surface area (Å²) in [5.41, 5.74) is 6.51. The molecule has 0 radical (unpaired) electrons. The van der Waals surface area contributed by atoms with Gasteiger partial charge in [0.2, 0.25) is 0 Å². The lowest BCUT2D eigenvalue weighted by atomic mass is 10.2. The molecule has 3 nitrogen and oxygen atoms in total. The van der Waals surface area contributed by atoms with Gasteiger partial charge in [0.05, 0.1) is 6.26 Å². The topological polar surface area (TPSA) is 44.5 Å². The van der Waals surface area contributed by atoms with Gasteiger partial charge in [0.15, 0.2) is 0 Å². The Hall–Kier alpha value is -1.42. The van der Waals surface area contributed by atoms with Crippen LogP contribution in [-0.2, 0) is 11.2 Å². The Kier molecular flexibility index (Phi) is 3.92. The molecular weight excluding hydrogens is 165 g/mol. The fraction of sp³-hybridized carbons (Fsp3) is 0.111. The molecule has 0 aromatic heterocycles. The van der Waals surface area contributed by atoms with E-state index in [0.717, 1.165) is 11.3 Å². The highest BCUT2D eigenvalue weighted by Crippen LogP contribution is 2.12. The summed E-state index contributed by atoms with van der Waals surface area (Å²) in [5.74, 6) is 0.754. The van der Waals surface area contributed by atoms with Crippen molar-refractivity contribution >= 4 is 7.69 Å². The molecule has 0 bridgehead atoms. The highest BCUT2D eigenvalue weighted by Gasteiger charge is 1.96. The average Bonchev–Trinajstić information content (AvgIpc) is 2.19. The zero-order chi connectivity index (χ0) is 9.52. The Morgan fingerprint density at radius 3 is 3.08 bits per heavy atom. The second kappa shape index (κ2) is 5.27. The van der Waals surface area contributed by atoms with E-state index < -0.39 is 0 Å². The molecule has 1 rings (SSSR count). The predicted octanol–water partition coefficient (Wildman–Crippen LogP) is 0.951. The predicted molar refractivity (Wildman–Crippen MR) is 53.4 cm³/mol. The van der Waals surface area contributed by atoms with Crippen molar-refractivity contribution in [2.75, 3.05) is 0 Å². The minimum atomic E-state index is 0.178. The molecule has 1 aromatic rings. The van der Waals surface area contributed by atoms with Gasteiger partial charge < -0.3 is 15.0 Å². The van der Waals surface area contributed by atoms with Crippen LogP contribution in [0.5, 0.6) is 5.75 Å². The van der Waals surface area contributed by atoms with Gasteiger partial charge in [0, 0.05) is 6.54 Å². The van der Waals surface area contributed by atoms with Gasteiger partial charge in [-0.3, -0.25) is 0 Å². The van der Waals surface area contributed by atoms with E-state index in [4.69, 9.17) is 15.0 Å². The molecular formula is C9H12BNO2. The molecule has 0 spiro atoms. The van der Waals surface area contributed by atoms with Crippen molar-refractivity contribution in [1.82, 2.24) is 0 Å². The second-order valence-corrected chi connectivity index (χ2v) is 2.45.